The highest BCUT2D eigenvalue weighted by Gasteiger charge is 2.31. The molecular weight excluding hydrogens is 542 g/mol. The molecule has 0 saturated heterocycles. The summed E-state index contributed by atoms with van der Waals surface area (Å²) in [4.78, 5) is 69.9. The molecule has 0 aliphatic rings. The number of hydrogen-bond donors (Lipinski definition) is 7. The molecule has 0 radical (unpaired) electrons. The molecule has 13 nitrogen and oxygen atoms in total. The fourth-order valence-corrected chi connectivity index (χ4v) is 4.21. The Bertz CT molecular complexity index is 1340. The Morgan fingerprint density at radius 2 is 1.29 bits per heavy atom. The van der Waals surface area contributed by atoms with E-state index in [-0.39, 0.29) is 32.1 Å². The van der Waals surface area contributed by atoms with Crippen LogP contribution in [0.3, 0.4) is 0 Å². The molecular formula is C29H35N7O6. The second kappa shape index (κ2) is 15.7. The number of carbonyl (C=O) groups excluding carboxylic acids is 4. The first kappa shape index (κ1) is 31.5. The maximum absolute atomic E-state index is 13.5. The molecule has 4 atom stereocenters. The number of benzene rings is 2. The topological polar surface area (TPSA) is 222 Å². The molecule has 3 aromatic rings. The van der Waals surface area contributed by atoms with Crippen LogP contribution in [0.25, 0.3) is 0 Å². The molecule has 0 saturated carbocycles. The zero-order valence-electron chi connectivity index (χ0n) is 22.9. The van der Waals surface area contributed by atoms with Gasteiger partial charge >= 0.3 is 5.97 Å². The number of nitrogens with one attached hydrogen (secondary N) is 4. The van der Waals surface area contributed by atoms with Gasteiger partial charge in [-0.3, -0.25) is 19.2 Å². The monoisotopic (exact) mass is 577 g/mol. The van der Waals surface area contributed by atoms with E-state index in [1.807, 2.05) is 0 Å². The van der Waals surface area contributed by atoms with Crippen molar-refractivity contribution in [2.24, 2.45) is 11.5 Å². The second-order valence-corrected chi connectivity index (χ2v) is 9.79. The van der Waals surface area contributed by atoms with Crippen LogP contribution >= 0.6 is 0 Å². The minimum absolute atomic E-state index is 0.000686. The number of aromatic nitrogens is 2. The number of imidazole rings is 1. The van der Waals surface area contributed by atoms with E-state index in [1.54, 1.807) is 60.7 Å². The van der Waals surface area contributed by atoms with E-state index in [1.165, 1.54) is 12.5 Å². The highest BCUT2D eigenvalue weighted by atomic mass is 16.4. The average Bonchev–Trinajstić information content (AvgIpc) is 3.48. The lowest BCUT2D eigenvalue weighted by Crippen LogP contribution is -2.58. The van der Waals surface area contributed by atoms with Crippen molar-refractivity contribution in [1.82, 2.24) is 25.9 Å². The van der Waals surface area contributed by atoms with E-state index in [0.29, 0.717) is 11.3 Å². The first-order valence-electron chi connectivity index (χ1n) is 13.3. The van der Waals surface area contributed by atoms with Gasteiger partial charge in [0, 0.05) is 37.6 Å². The van der Waals surface area contributed by atoms with Gasteiger partial charge in [0.05, 0.1) is 12.4 Å². The number of carboxylic acid groups (broad SMARTS) is 1. The minimum atomic E-state index is -1.31. The van der Waals surface area contributed by atoms with E-state index < -0.39 is 53.8 Å². The van der Waals surface area contributed by atoms with Gasteiger partial charge in [0.25, 0.3) is 0 Å². The van der Waals surface area contributed by atoms with E-state index >= 15 is 0 Å². The minimum Gasteiger partial charge on any atom is -0.480 e. The van der Waals surface area contributed by atoms with Crippen molar-refractivity contribution in [3.8, 4) is 0 Å². The third kappa shape index (κ3) is 10.2. The molecule has 1 aromatic heterocycles. The second-order valence-electron chi connectivity index (χ2n) is 9.79. The molecule has 0 fully saturated rings. The van der Waals surface area contributed by atoms with Crippen LogP contribution in [0.4, 0.5) is 0 Å². The lowest BCUT2D eigenvalue weighted by atomic mass is 10.0. The molecule has 42 heavy (non-hydrogen) atoms. The number of aromatic amines is 1. The van der Waals surface area contributed by atoms with Crippen LogP contribution in [-0.4, -0.2) is 68.8 Å². The molecule has 0 bridgehead atoms. The number of nitrogens with zero attached hydrogens (tertiary/aromatic N) is 1. The summed E-state index contributed by atoms with van der Waals surface area (Å²) in [5, 5.41) is 17.4. The van der Waals surface area contributed by atoms with Crippen LogP contribution in [-0.2, 0) is 43.2 Å². The largest absolute Gasteiger partial charge is 0.480 e. The molecule has 3 rings (SSSR count). The normalized spacial score (nSPS) is 13.6. The van der Waals surface area contributed by atoms with Crippen LogP contribution in [0.5, 0.6) is 0 Å². The van der Waals surface area contributed by atoms with Gasteiger partial charge in [0.2, 0.25) is 23.6 Å². The smallest absolute Gasteiger partial charge is 0.326 e. The van der Waals surface area contributed by atoms with Crippen LogP contribution in [0.15, 0.2) is 73.2 Å². The number of nitrogens with two attached hydrogens (primary N) is 2. The highest BCUT2D eigenvalue weighted by Crippen LogP contribution is 2.08. The zero-order chi connectivity index (χ0) is 30.5. The Hall–Kier alpha value is -5.04. The number of primary amides is 1. The van der Waals surface area contributed by atoms with Crippen molar-refractivity contribution in [3.63, 3.8) is 0 Å². The SMILES string of the molecule is NC(=O)CCC(NC(=O)C(Cc1ccccc1)NC(=O)C(N)Cc1cnc[nH]1)C(=O)NC(Cc1ccccc1)C(=O)O. The fraction of sp³-hybridized carbons (Fsp3) is 0.310. The number of amides is 4. The summed E-state index contributed by atoms with van der Waals surface area (Å²) in [6, 6.07) is 12.9. The lowest BCUT2D eigenvalue weighted by molar-refractivity contribution is -0.142. The van der Waals surface area contributed by atoms with Gasteiger partial charge in [-0.25, -0.2) is 9.78 Å². The first-order chi connectivity index (χ1) is 20.1. The van der Waals surface area contributed by atoms with E-state index in [4.69, 9.17) is 11.5 Å². The summed E-state index contributed by atoms with van der Waals surface area (Å²) < 4.78 is 0. The molecule has 0 aliphatic heterocycles. The van der Waals surface area contributed by atoms with Crippen LogP contribution in [0, 0.1) is 0 Å². The maximum atomic E-state index is 13.5. The van der Waals surface area contributed by atoms with Gasteiger partial charge in [-0.05, 0) is 17.5 Å². The molecule has 222 valence electrons. The molecule has 13 heteroatoms. The van der Waals surface area contributed by atoms with Crippen LogP contribution in [0.1, 0.15) is 29.7 Å². The highest BCUT2D eigenvalue weighted by molar-refractivity contribution is 5.94. The van der Waals surface area contributed by atoms with E-state index in [2.05, 4.69) is 25.9 Å². The van der Waals surface area contributed by atoms with Gasteiger partial charge in [0.15, 0.2) is 0 Å². The number of H-pyrrole nitrogens is 1. The Morgan fingerprint density at radius 3 is 1.81 bits per heavy atom. The number of rotatable bonds is 16. The summed E-state index contributed by atoms with van der Waals surface area (Å²) in [7, 11) is 0. The van der Waals surface area contributed by atoms with Crippen molar-refractivity contribution >= 4 is 29.6 Å². The molecule has 4 unspecified atom stereocenters. The Balaban J connectivity index is 1.76. The molecule has 9 N–H and O–H groups in total. The maximum Gasteiger partial charge on any atom is 0.326 e. The van der Waals surface area contributed by atoms with Gasteiger partial charge in [0.1, 0.15) is 18.1 Å². The van der Waals surface area contributed by atoms with Gasteiger partial charge in [-0.15, -0.1) is 0 Å². The summed E-state index contributed by atoms with van der Waals surface area (Å²) in [5.74, 6) is -4.12. The standard InChI is InChI=1S/C29H35N7O6/c30-21(15-20-16-32-17-33-20)26(38)35-23(13-18-7-3-1-4-8-18)28(40)34-22(11-12-25(31)37)27(39)36-24(29(41)42)14-19-9-5-2-6-10-19/h1-10,16-17,21-24H,11-15,30H2,(H2,31,37)(H,32,33)(H,34,40)(H,35,38)(H,36,39)(H,41,42). The zero-order valence-corrected chi connectivity index (χ0v) is 22.9. The average molecular weight is 578 g/mol. The van der Waals surface area contributed by atoms with E-state index in [9.17, 15) is 29.1 Å². The predicted octanol–water partition coefficient (Wildman–Crippen LogP) is -0.431. The third-order valence-electron chi connectivity index (χ3n) is 6.46. The van der Waals surface area contributed by atoms with Gasteiger partial charge in [-0.1, -0.05) is 60.7 Å². The van der Waals surface area contributed by atoms with E-state index in [0.717, 1.165) is 5.56 Å². The Morgan fingerprint density at radius 1 is 0.762 bits per heavy atom. The number of carbonyl (C=O) groups is 5. The Kier molecular flexibility index (Phi) is 11.7. The van der Waals surface area contributed by atoms with Crippen molar-refractivity contribution in [2.75, 3.05) is 0 Å². The van der Waals surface area contributed by atoms with Crippen molar-refractivity contribution in [1.29, 1.82) is 0 Å². The fourth-order valence-electron chi connectivity index (χ4n) is 4.21. The predicted molar refractivity (Wildman–Crippen MR) is 152 cm³/mol. The van der Waals surface area contributed by atoms with Crippen molar-refractivity contribution < 1.29 is 29.1 Å². The summed E-state index contributed by atoms with van der Waals surface area (Å²) in [6.07, 6.45) is 2.77. The third-order valence-corrected chi connectivity index (χ3v) is 6.46. The molecule has 0 spiro atoms. The summed E-state index contributed by atoms with van der Waals surface area (Å²) >= 11 is 0. The molecule has 0 aliphatic carbocycles. The quantitative estimate of drug-likeness (QED) is 0.118. The van der Waals surface area contributed by atoms with Gasteiger partial charge in [-0.2, -0.15) is 0 Å². The summed E-state index contributed by atoms with van der Waals surface area (Å²) in [5.41, 5.74) is 13.4. The van der Waals surface area contributed by atoms with Crippen LogP contribution in [0.2, 0.25) is 0 Å². The Labute approximate surface area is 242 Å². The lowest BCUT2D eigenvalue weighted by Gasteiger charge is -2.25. The number of carboxylic acids is 1. The number of aliphatic carboxylic acids is 1. The van der Waals surface area contributed by atoms with Crippen LogP contribution < -0.4 is 27.4 Å². The summed E-state index contributed by atoms with van der Waals surface area (Å²) in [6.45, 7) is 0. The van der Waals surface area contributed by atoms with Gasteiger partial charge < -0.3 is 37.5 Å². The molecule has 1 heterocycles. The molecule has 4 amide bonds. The molecule has 2 aromatic carbocycles. The number of hydrogen-bond acceptors (Lipinski definition) is 7. The van der Waals surface area contributed by atoms with Crippen molar-refractivity contribution in [3.05, 3.63) is 90.0 Å². The first-order valence-corrected chi connectivity index (χ1v) is 13.3. The van der Waals surface area contributed by atoms with Crippen molar-refractivity contribution in [2.45, 2.75) is 56.3 Å².